The monoisotopic (exact) mass is 313 g/mol. The number of nitrogens with zero attached hydrogens (tertiary/aromatic N) is 3. The predicted octanol–water partition coefficient (Wildman–Crippen LogP) is 3.43. The summed E-state index contributed by atoms with van der Waals surface area (Å²) in [6, 6.07) is 7.64. The smallest absolute Gasteiger partial charge is 0.259 e. The van der Waals surface area contributed by atoms with E-state index in [4.69, 9.17) is 4.52 Å². The molecule has 23 heavy (non-hydrogen) atoms. The van der Waals surface area contributed by atoms with E-state index in [0.717, 1.165) is 0 Å². The second kappa shape index (κ2) is 5.79. The maximum Gasteiger partial charge on any atom is 0.259 e. The number of benzene rings is 1. The van der Waals surface area contributed by atoms with Crippen LogP contribution in [0, 0.1) is 12.7 Å². The lowest BCUT2D eigenvalue weighted by atomic mass is 10.0. The molecular weight excluding hydrogens is 297 g/mol. The van der Waals surface area contributed by atoms with E-state index in [1.807, 2.05) is 6.92 Å². The molecule has 0 radical (unpaired) electrons. The van der Waals surface area contributed by atoms with E-state index in [1.165, 1.54) is 12.1 Å². The molecule has 0 bridgehead atoms. The van der Waals surface area contributed by atoms with Gasteiger partial charge >= 0.3 is 0 Å². The molecule has 2 aromatic heterocycles. The summed E-state index contributed by atoms with van der Waals surface area (Å²) in [5.74, 6) is -0.457. The van der Waals surface area contributed by atoms with Crippen LogP contribution in [0.5, 0.6) is 0 Å². The maximum atomic E-state index is 13.1. The molecule has 0 saturated carbocycles. The number of pyridine rings is 1. The molecule has 0 aliphatic rings. The number of fused-ring (bicyclic) bond motifs is 1. The summed E-state index contributed by atoms with van der Waals surface area (Å²) in [5, 5.41) is 4.52. The molecule has 118 valence electrons. The van der Waals surface area contributed by atoms with E-state index < -0.39 is 0 Å². The van der Waals surface area contributed by atoms with Crippen LogP contribution in [0.15, 0.2) is 34.9 Å². The fourth-order valence-electron chi connectivity index (χ4n) is 2.38. The maximum absolute atomic E-state index is 13.1. The molecule has 0 spiro atoms. The zero-order valence-corrected chi connectivity index (χ0v) is 13.1. The summed E-state index contributed by atoms with van der Waals surface area (Å²) in [4.78, 5) is 18.7. The van der Waals surface area contributed by atoms with Crippen molar-refractivity contribution in [2.75, 3.05) is 13.6 Å². The molecule has 1 aromatic carbocycles. The van der Waals surface area contributed by atoms with E-state index in [1.54, 1.807) is 37.1 Å². The highest BCUT2D eigenvalue weighted by atomic mass is 19.1. The third-order valence-electron chi connectivity index (χ3n) is 3.81. The van der Waals surface area contributed by atoms with E-state index >= 15 is 0 Å². The Kier molecular flexibility index (Phi) is 3.82. The predicted molar refractivity (Wildman–Crippen MR) is 84.6 cm³/mol. The zero-order chi connectivity index (χ0) is 16.6. The number of carbonyl (C=O) groups excluding carboxylic acids is 1. The number of aromatic nitrogens is 2. The van der Waals surface area contributed by atoms with Gasteiger partial charge in [0.15, 0.2) is 0 Å². The van der Waals surface area contributed by atoms with Gasteiger partial charge in [-0.1, -0.05) is 5.16 Å². The average molecular weight is 313 g/mol. The average Bonchev–Trinajstić information content (AvgIpc) is 2.94. The summed E-state index contributed by atoms with van der Waals surface area (Å²) in [5.41, 5.74) is 2.65. The van der Waals surface area contributed by atoms with Crippen molar-refractivity contribution >= 4 is 17.0 Å². The van der Waals surface area contributed by atoms with Crippen molar-refractivity contribution in [1.29, 1.82) is 0 Å². The Balaban J connectivity index is 2.22. The van der Waals surface area contributed by atoms with Crippen molar-refractivity contribution in [3.8, 4) is 11.3 Å². The number of halogens is 1. The second-order valence-corrected chi connectivity index (χ2v) is 5.33. The summed E-state index contributed by atoms with van der Waals surface area (Å²) >= 11 is 0. The van der Waals surface area contributed by atoms with Crippen molar-refractivity contribution in [3.63, 3.8) is 0 Å². The van der Waals surface area contributed by atoms with E-state index in [-0.39, 0.29) is 11.7 Å². The minimum Gasteiger partial charge on any atom is -0.342 e. The lowest BCUT2D eigenvalue weighted by Crippen LogP contribution is -2.26. The Morgan fingerprint density at radius 3 is 2.65 bits per heavy atom. The van der Waals surface area contributed by atoms with Gasteiger partial charge in [0.2, 0.25) is 0 Å². The van der Waals surface area contributed by atoms with Crippen molar-refractivity contribution in [2.45, 2.75) is 13.8 Å². The molecule has 0 atom stereocenters. The van der Waals surface area contributed by atoms with Crippen molar-refractivity contribution < 1.29 is 13.7 Å². The van der Waals surface area contributed by atoms with E-state index in [9.17, 15) is 9.18 Å². The summed E-state index contributed by atoms with van der Waals surface area (Å²) < 4.78 is 18.3. The summed E-state index contributed by atoms with van der Waals surface area (Å²) in [6.07, 6.45) is 0. The highest BCUT2D eigenvalue weighted by Crippen LogP contribution is 2.27. The molecule has 0 fully saturated rings. The van der Waals surface area contributed by atoms with Crippen LogP contribution in [0.4, 0.5) is 4.39 Å². The lowest BCUT2D eigenvalue weighted by molar-refractivity contribution is 0.0804. The molecule has 6 heteroatoms. The van der Waals surface area contributed by atoms with Crippen LogP contribution in [0.3, 0.4) is 0 Å². The van der Waals surface area contributed by atoms with Gasteiger partial charge < -0.3 is 9.42 Å². The summed E-state index contributed by atoms with van der Waals surface area (Å²) in [6.45, 7) is 4.25. The van der Waals surface area contributed by atoms with Crippen molar-refractivity contribution in [3.05, 3.63) is 47.4 Å². The highest BCUT2D eigenvalue weighted by molar-refractivity contribution is 6.06. The first kappa shape index (κ1) is 15.1. The molecule has 5 nitrogen and oxygen atoms in total. The molecule has 0 aliphatic carbocycles. The quantitative estimate of drug-likeness (QED) is 0.743. The van der Waals surface area contributed by atoms with Gasteiger partial charge in [-0.05, 0) is 44.2 Å². The molecule has 0 unspecified atom stereocenters. The molecule has 3 aromatic rings. The van der Waals surface area contributed by atoms with Gasteiger partial charge in [-0.2, -0.15) is 0 Å². The number of carbonyl (C=O) groups is 1. The van der Waals surface area contributed by atoms with Gasteiger partial charge in [0.1, 0.15) is 5.82 Å². The third-order valence-corrected chi connectivity index (χ3v) is 3.81. The van der Waals surface area contributed by atoms with Gasteiger partial charge in [0, 0.05) is 19.2 Å². The molecule has 3 rings (SSSR count). The van der Waals surface area contributed by atoms with Crippen LogP contribution in [-0.2, 0) is 0 Å². The molecule has 2 heterocycles. The van der Waals surface area contributed by atoms with Crippen molar-refractivity contribution in [1.82, 2.24) is 15.0 Å². The third kappa shape index (κ3) is 2.67. The van der Waals surface area contributed by atoms with Crippen LogP contribution < -0.4 is 0 Å². The molecular formula is C17H16FN3O2. The number of aryl methyl sites for hydroxylation is 1. The lowest BCUT2D eigenvalue weighted by Gasteiger charge is -2.15. The SMILES string of the molecule is CCN(C)C(=O)c1cc(-c2ccc(F)cc2)nc2onc(C)c12. The first-order valence-electron chi connectivity index (χ1n) is 7.29. The molecule has 0 aliphatic heterocycles. The number of hydrogen-bond acceptors (Lipinski definition) is 4. The number of rotatable bonds is 3. The van der Waals surface area contributed by atoms with Crippen LogP contribution in [-0.4, -0.2) is 34.5 Å². The minimum atomic E-state index is -0.327. The Labute approximate surface area is 132 Å². The van der Waals surface area contributed by atoms with Gasteiger partial charge in [0.05, 0.1) is 22.3 Å². The minimum absolute atomic E-state index is 0.130. The van der Waals surface area contributed by atoms with Crippen molar-refractivity contribution in [2.24, 2.45) is 0 Å². The fraction of sp³-hybridized carbons (Fsp3) is 0.235. The largest absolute Gasteiger partial charge is 0.342 e. The molecule has 1 amide bonds. The Morgan fingerprint density at radius 2 is 2.00 bits per heavy atom. The molecule has 0 N–H and O–H groups in total. The molecule has 0 saturated heterocycles. The van der Waals surface area contributed by atoms with Gasteiger partial charge in [0.25, 0.3) is 11.6 Å². The standard InChI is InChI=1S/C17H16FN3O2/c1-4-21(3)17(22)13-9-14(11-5-7-12(18)8-6-11)19-16-15(13)10(2)20-23-16/h5-9H,4H2,1-3H3. The van der Waals surface area contributed by atoms with Gasteiger partial charge in [-0.15, -0.1) is 0 Å². The summed E-state index contributed by atoms with van der Waals surface area (Å²) in [7, 11) is 1.73. The van der Waals surface area contributed by atoms with E-state index in [0.29, 0.717) is 40.2 Å². The number of hydrogen-bond donors (Lipinski definition) is 0. The zero-order valence-electron chi connectivity index (χ0n) is 13.1. The second-order valence-electron chi connectivity index (χ2n) is 5.33. The van der Waals surface area contributed by atoms with Gasteiger partial charge in [-0.3, -0.25) is 4.79 Å². The Bertz CT molecular complexity index is 871. The fourth-order valence-corrected chi connectivity index (χ4v) is 2.38. The first-order valence-corrected chi connectivity index (χ1v) is 7.29. The van der Waals surface area contributed by atoms with Crippen LogP contribution in [0.25, 0.3) is 22.4 Å². The topological polar surface area (TPSA) is 59.2 Å². The first-order chi connectivity index (χ1) is 11.0. The van der Waals surface area contributed by atoms with E-state index in [2.05, 4.69) is 10.1 Å². The van der Waals surface area contributed by atoms with Crippen LogP contribution in [0.1, 0.15) is 23.0 Å². The number of amides is 1. The normalized spacial score (nSPS) is 11.0. The van der Waals surface area contributed by atoms with Crippen LogP contribution >= 0.6 is 0 Å². The Hall–Kier alpha value is -2.76. The Morgan fingerprint density at radius 1 is 1.30 bits per heavy atom. The van der Waals surface area contributed by atoms with Crippen LogP contribution in [0.2, 0.25) is 0 Å². The highest BCUT2D eigenvalue weighted by Gasteiger charge is 2.21. The van der Waals surface area contributed by atoms with Gasteiger partial charge in [-0.25, -0.2) is 9.37 Å².